The van der Waals surface area contributed by atoms with Crippen LogP contribution in [-0.2, 0) is 23.4 Å². The van der Waals surface area contributed by atoms with Crippen LogP contribution in [0.1, 0.15) is 73.1 Å². The molecule has 2 aromatic carbocycles. The molecule has 1 aliphatic rings. The molecule has 1 fully saturated rings. The molecule has 0 aliphatic carbocycles. The molecule has 0 radical (unpaired) electrons. The second kappa shape index (κ2) is 20.1. The molecule has 48 heavy (non-hydrogen) atoms. The van der Waals surface area contributed by atoms with E-state index >= 15 is 0 Å². The smallest absolute Gasteiger partial charge is 0.261 e. The van der Waals surface area contributed by atoms with E-state index < -0.39 is 16.4 Å². The molecule has 0 amide bonds. The van der Waals surface area contributed by atoms with Gasteiger partial charge in [0.2, 0.25) is 0 Å². The molecule has 1 saturated heterocycles. The van der Waals surface area contributed by atoms with Crippen LogP contribution in [0.5, 0.6) is 0 Å². The molecule has 268 valence electrons. The molecule has 1 unspecified atom stereocenters. The largest absolute Gasteiger partial charge is 0.407 e. The van der Waals surface area contributed by atoms with E-state index in [-0.39, 0.29) is 30.1 Å². The standard InChI is InChI=1S/C41H66O5Si2/c1-34(35(2)27-29-44-40-26-18-19-28-43-40)20-16-17-25-39(45-33-42-30-31-47(7,8)9)36(3)32-46-48(41(4,5)6,37-21-12-10-13-22-37)38-23-14-11-15-24-38/h10-15,17,21-25,35-36,39-40H,1,16,18-20,26-33H2,2-9H3/b25-17+/t35-,36-,39+,40?/m1/s1. The fourth-order valence-corrected chi connectivity index (χ4v) is 11.7. The molecular formula is C41H66O5Si2. The monoisotopic (exact) mass is 694 g/mol. The van der Waals surface area contributed by atoms with Gasteiger partial charge in [-0.05, 0) is 65.9 Å². The van der Waals surface area contributed by atoms with Gasteiger partial charge in [-0.25, -0.2) is 0 Å². The van der Waals surface area contributed by atoms with Crippen molar-refractivity contribution in [2.45, 2.75) is 116 Å². The van der Waals surface area contributed by atoms with Gasteiger partial charge in [-0.15, -0.1) is 0 Å². The van der Waals surface area contributed by atoms with Crippen molar-refractivity contribution in [3.05, 3.63) is 85.0 Å². The SMILES string of the molecule is C=C(CC/C=C/[C@H](OCOCC[Si](C)(C)C)[C@H](C)CO[Si](c1ccccc1)(c1ccccc1)C(C)(C)C)[C@H](C)CCOC1CCCCO1. The molecular weight excluding hydrogens is 629 g/mol. The van der Waals surface area contributed by atoms with Crippen molar-refractivity contribution in [1.82, 2.24) is 0 Å². The fourth-order valence-electron chi connectivity index (χ4n) is 6.25. The van der Waals surface area contributed by atoms with E-state index in [9.17, 15) is 0 Å². The van der Waals surface area contributed by atoms with Crippen molar-refractivity contribution in [2.24, 2.45) is 11.8 Å². The lowest BCUT2D eigenvalue weighted by Gasteiger charge is -2.44. The Bertz CT molecular complexity index is 1160. The Balaban J connectivity index is 1.66. The summed E-state index contributed by atoms with van der Waals surface area (Å²) in [5, 5.41) is 2.51. The summed E-state index contributed by atoms with van der Waals surface area (Å²) in [6.07, 6.45) is 10.5. The highest BCUT2D eigenvalue weighted by Crippen LogP contribution is 2.37. The van der Waals surface area contributed by atoms with Crippen LogP contribution in [-0.4, -0.2) is 62.0 Å². The summed E-state index contributed by atoms with van der Waals surface area (Å²) in [7, 11) is -3.82. The molecule has 1 heterocycles. The molecule has 1 aliphatic heterocycles. The summed E-state index contributed by atoms with van der Waals surface area (Å²) in [6, 6.07) is 22.8. The van der Waals surface area contributed by atoms with Crippen molar-refractivity contribution >= 4 is 26.8 Å². The van der Waals surface area contributed by atoms with Gasteiger partial charge in [0, 0.05) is 33.8 Å². The highest BCUT2D eigenvalue weighted by atomic mass is 28.4. The Morgan fingerprint density at radius 1 is 0.958 bits per heavy atom. The molecule has 0 aromatic heterocycles. The van der Waals surface area contributed by atoms with Crippen LogP contribution in [0.4, 0.5) is 0 Å². The summed E-state index contributed by atoms with van der Waals surface area (Å²) in [5.41, 5.74) is 1.27. The number of hydrogen-bond acceptors (Lipinski definition) is 5. The molecule has 2 aromatic rings. The third kappa shape index (κ3) is 13.1. The first-order chi connectivity index (χ1) is 22.8. The minimum atomic E-state index is -2.65. The van der Waals surface area contributed by atoms with Crippen LogP contribution in [0, 0.1) is 11.8 Å². The van der Waals surface area contributed by atoms with Gasteiger partial charge in [0.05, 0.1) is 12.7 Å². The van der Waals surface area contributed by atoms with Gasteiger partial charge in [0.15, 0.2) is 6.29 Å². The highest BCUT2D eigenvalue weighted by Gasteiger charge is 2.50. The van der Waals surface area contributed by atoms with E-state index in [2.05, 4.69) is 134 Å². The Hall–Kier alpha value is -1.85. The third-order valence-electron chi connectivity index (χ3n) is 9.53. The van der Waals surface area contributed by atoms with E-state index in [4.69, 9.17) is 23.4 Å². The van der Waals surface area contributed by atoms with Crippen LogP contribution in [0.25, 0.3) is 0 Å². The van der Waals surface area contributed by atoms with E-state index in [1.165, 1.54) is 22.4 Å². The summed E-state index contributed by atoms with van der Waals surface area (Å²) in [5.74, 6) is 0.539. The lowest BCUT2D eigenvalue weighted by atomic mass is 9.95. The minimum Gasteiger partial charge on any atom is -0.407 e. The van der Waals surface area contributed by atoms with Crippen molar-refractivity contribution in [2.75, 3.05) is 33.2 Å². The maximum absolute atomic E-state index is 7.29. The predicted octanol–water partition coefficient (Wildman–Crippen LogP) is 9.36. The summed E-state index contributed by atoms with van der Waals surface area (Å²) in [4.78, 5) is 0. The second-order valence-corrected chi connectivity index (χ2v) is 25.8. The highest BCUT2D eigenvalue weighted by molar-refractivity contribution is 6.99. The Kier molecular flexibility index (Phi) is 17.0. The Morgan fingerprint density at radius 2 is 1.60 bits per heavy atom. The van der Waals surface area contributed by atoms with E-state index in [1.54, 1.807) is 0 Å². The average Bonchev–Trinajstić information content (AvgIpc) is 3.06. The van der Waals surface area contributed by atoms with E-state index in [0.29, 0.717) is 12.5 Å². The average molecular weight is 695 g/mol. The zero-order chi connectivity index (χ0) is 35.0. The number of benzene rings is 2. The summed E-state index contributed by atoms with van der Waals surface area (Å²) >= 11 is 0. The van der Waals surface area contributed by atoms with Crippen LogP contribution in [0.15, 0.2) is 85.0 Å². The first-order valence-electron chi connectivity index (χ1n) is 18.4. The van der Waals surface area contributed by atoms with Crippen molar-refractivity contribution in [1.29, 1.82) is 0 Å². The third-order valence-corrected chi connectivity index (χ3v) is 16.2. The Labute approximate surface area is 295 Å². The van der Waals surface area contributed by atoms with Crippen LogP contribution >= 0.6 is 0 Å². The van der Waals surface area contributed by atoms with E-state index in [1.807, 2.05) is 0 Å². The zero-order valence-electron chi connectivity index (χ0n) is 31.5. The fraction of sp³-hybridized carbons (Fsp3) is 0.610. The van der Waals surface area contributed by atoms with Gasteiger partial charge in [0.25, 0.3) is 8.32 Å². The number of rotatable bonds is 21. The van der Waals surface area contributed by atoms with Crippen molar-refractivity contribution in [3.63, 3.8) is 0 Å². The maximum Gasteiger partial charge on any atom is 0.261 e. The second-order valence-electron chi connectivity index (χ2n) is 15.9. The molecule has 0 N–H and O–H groups in total. The number of allylic oxidation sites excluding steroid dienone is 2. The van der Waals surface area contributed by atoms with Gasteiger partial charge in [-0.2, -0.15) is 0 Å². The zero-order valence-corrected chi connectivity index (χ0v) is 33.5. The summed E-state index contributed by atoms with van der Waals surface area (Å²) in [6.45, 7) is 26.2. The molecule has 0 saturated carbocycles. The molecule has 0 spiro atoms. The maximum atomic E-state index is 7.29. The quantitative estimate of drug-likeness (QED) is 0.0564. The van der Waals surface area contributed by atoms with Crippen molar-refractivity contribution in [3.8, 4) is 0 Å². The lowest BCUT2D eigenvalue weighted by molar-refractivity contribution is -0.163. The first-order valence-corrected chi connectivity index (χ1v) is 24.0. The minimum absolute atomic E-state index is 0.0267. The van der Waals surface area contributed by atoms with Gasteiger partial charge >= 0.3 is 0 Å². The van der Waals surface area contributed by atoms with Gasteiger partial charge in [-0.1, -0.05) is 139 Å². The Morgan fingerprint density at radius 3 is 2.17 bits per heavy atom. The molecule has 3 rings (SSSR count). The van der Waals surface area contributed by atoms with Gasteiger partial charge in [-0.3, -0.25) is 0 Å². The number of hydrogen-bond donors (Lipinski definition) is 0. The van der Waals surface area contributed by atoms with Crippen LogP contribution < -0.4 is 10.4 Å². The van der Waals surface area contributed by atoms with Gasteiger partial charge < -0.3 is 23.4 Å². The van der Waals surface area contributed by atoms with Crippen LogP contribution in [0.2, 0.25) is 30.7 Å². The molecule has 0 bridgehead atoms. The van der Waals surface area contributed by atoms with Crippen LogP contribution in [0.3, 0.4) is 0 Å². The predicted molar refractivity (Wildman–Crippen MR) is 207 cm³/mol. The molecule has 5 nitrogen and oxygen atoms in total. The number of ether oxygens (including phenoxy) is 4. The summed E-state index contributed by atoms with van der Waals surface area (Å²) < 4.78 is 31.4. The van der Waals surface area contributed by atoms with Crippen molar-refractivity contribution < 1.29 is 23.4 Å². The topological polar surface area (TPSA) is 46.2 Å². The lowest BCUT2D eigenvalue weighted by Crippen LogP contribution is -2.67. The van der Waals surface area contributed by atoms with E-state index in [0.717, 1.165) is 58.0 Å². The first kappa shape index (κ1) is 40.6. The van der Waals surface area contributed by atoms with Gasteiger partial charge in [0.1, 0.15) is 6.79 Å². The normalized spacial score (nSPS) is 18.1. The molecule has 4 atom stereocenters. The molecule has 7 heteroatoms.